The molecule has 3 heterocycles. The molecule has 3 rings (SSSR count). The lowest BCUT2D eigenvalue weighted by Gasteiger charge is -2.00. The first-order chi connectivity index (χ1) is 9.36. The predicted octanol–water partition coefficient (Wildman–Crippen LogP) is 1.73. The van der Waals surface area contributed by atoms with Crippen molar-refractivity contribution in [3.8, 4) is 22.8 Å². The molecule has 6 heteroatoms. The van der Waals surface area contributed by atoms with Crippen LogP contribution in [0.25, 0.3) is 16.9 Å². The molecule has 94 valence electrons. The Balaban J connectivity index is 1.92. The molecule has 0 fully saturated rings. The molecule has 0 aromatic carbocycles. The lowest BCUT2D eigenvalue weighted by Crippen LogP contribution is -1.99. The molecule has 0 bridgehead atoms. The van der Waals surface area contributed by atoms with Crippen LogP contribution in [0.5, 0.6) is 5.88 Å². The number of hydrogen-bond acceptors (Lipinski definition) is 5. The van der Waals surface area contributed by atoms with Crippen molar-refractivity contribution in [3.05, 3.63) is 49.1 Å². The molecule has 6 nitrogen and oxygen atoms in total. The van der Waals surface area contributed by atoms with Crippen molar-refractivity contribution in [3.63, 3.8) is 0 Å². The summed E-state index contributed by atoms with van der Waals surface area (Å²) in [5.41, 5.74) is 2.47. The van der Waals surface area contributed by atoms with Crippen LogP contribution in [0.1, 0.15) is 0 Å². The van der Waals surface area contributed by atoms with E-state index in [1.165, 1.54) is 4.80 Å². The molecule has 19 heavy (non-hydrogen) atoms. The summed E-state index contributed by atoms with van der Waals surface area (Å²) in [6.45, 7) is 0. The summed E-state index contributed by atoms with van der Waals surface area (Å²) in [6, 6.07) is 7.41. The Morgan fingerprint density at radius 1 is 1.11 bits per heavy atom. The van der Waals surface area contributed by atoms with E-state index in [2.05, 4.69) is 20.2 Å². The van der Waals surface area contributed by atoms with Gasteiger partial charge in [0.15, 0.2) is 0 Å². The fourth-order valence-electron chi connectivity index (χ4n) is 1.65. The maximum atomic E-state index is 5.01. The average molecular weight is 253 g/mol. The van der Waals surface area contributed by atoms with Crippen molar-refractivity contribution < 1.29 is 4.74 Å². The van der Waals surface area contributed by atoms with E-state index in [-0.39, 0.29) is 0 Å². The van der Waals surface area contributed by atoms with E-state index in [0.717, 1.165) is 16.9 Å². The van der Waals surface area contributed by atoms with Crippen LogP contribution in [-0.2, 0) is 0 Å². The lowest BCUT2D eigenvalue weighted by molar-refractivity contribution is 0.397. The van der Waals surface area contributed by atoms with E-state index in [9.17, 15) is 0 Å². The second-order valence-electron chi connectivity index (χ2n) is 3.82. The molecule has 0 atom stereocenters. The number of methoxy groups -OCH3 is 1. The first-order valence-corrected chi connectivity index (χ1v) is 5.70. The Morgan fingerprint density at radius 2 is 2.05 bits per heavy atom. The molecule has 3 aromatic rings. The van der Waals surface area contributed by atoms with Gasteiger partial charge in [0.1, 0.15) is 11.4 Å². The van der Waals surface area contributed by atoms with Crippen molar-refractivity contribution in [1.29, 1.82) is 0 Å². The van der Waals surface area contributed by atoms with Crippen LogP contribution in [0.2, 0.25) is 0 Å². The Kier molecular flexibility index (Phi) is 2.89. The monoisotopic (exact) mass is 253 g/mol. The van der Waals surface area contributed by atoms with E-state index in [4.69, 9.17) is 4.74 Å². The zero-order valence-electron chi connectivity index (χ0n) is 10.3. The van der Waals surface area contributed by atoms with Gasteiger partial charge in [0.05, 0.1) is 19.5 Å². The normalized spacial score (nSPS) is 10.4. The number of nitrogens with zero attached hydrogens (tertiary/aromatic N) is 5. The highest BCUT2D eigenvalue weighted by Crippen LogP contribution is 2.15. The highest BCUT2D eigenvalue weighted by molar-refractivity contribution is 5.56. The summed E-state index contributed by atoms with van der Waals surface area (Å²) in [5, 5.41) is 8.61. The highest BCUT2D eigenvalue weighted by Gasteiger charge is 2.05. The maximum Gasteiger partial charge on any atom is 0.213 e. The fraction of sp³-hybridized carbons (Fsp3) is 0.0769. The van der Waals surface area contributed by atoms with E-state index in [1.54, 1.807) is 38.0 Å². The zero-order chi connectivity index (χ0) is 13.1. The smallest absolute Gasteiger partial charge is 0.213 e. The molecule has 0 N–H and O–H groups in total. The minimum absolute atomic E-state index is 0.559. The second-order valence-corrected chi connectivity index (χ2v) is 3.82. The summed E-state index contributed by atoms with van der Waals surface area (Å²) < 4.78 is 5.01. The van der Waals surface area contributed by atoms with Gasteiger partial charge in [-0.15, -0.1) is 9.90 Å². The van der Waals surface area contributed by atoms with Crippen LogP contribution >= 0.6 is 0 Å². The Morgan fingerprint density at radius 3 is 2.74 bits per heavy atom. The van der Waals surface area contributed by atoms with Gasteiger partial charge in [0, 0.05) is 24.0 Å². The SMILES string of the molecule is COc1ccc(-n2ncc(-c3cccnc3)n2)cn1. The number of ether oxygens (including phenoxy) is 1. The van der Waals surface area contributed by atoms with Gasteiger partial charge in [-0.2, -0.15) is 5.10 Å². The van der Waals surface area contributed by atoms with Gasteiger partial charge in [-0.05, 0) is 18.2 Å². The Bertz CT molecular complexity index is 663. The summed E-state index contributed by atoms with van der Waals surface area (Å²) >= 11 is 0. The van der Waals surface area contributed by atoms with Gasteiger partial charge >= 0.3 is 0 Å². The summed E-state index contributed by atoms with van der Waals surface area (Å²) in [7, 11) is 1.58. The Labute approximate surface area is 109 Å². The highest BCUT2D eigenvalue weighted by atomic mass is 16.5. The number of hydrogen-bond donors (Lipinski definition) is 0. The third kappa shape index (κ3) is 2.28. The summed E-state index contributed by atoms with van der Waals surface area (Å²) in [4.78, 5) is 9.70. The Hall–Kier alpha value is -2.76. The first-order valence-electron chi connectivity index (χ1n) is 5.70. The molecule has 0 aliphatic carbocycles. The summed E-state index contributed by atoms with van der Waals surface area (Å²) in [6.07, 6.45) is 6.83. The topological polar surface area (TPSA) is 65.7 Å². The van der Waals surface area contributed by atoms with Crippen molar-refractivity contribution in [1.82, 2.24) is 25.0 Å². The van der Waals surface area contributed by atoms with E-state index >= 15 is 0 Å². The molecule has 0 aliphatic rings. The maximum absolute atomic E-state index is 5.01. The van der Waals surface area contributed by atoms with E-state index < -0.39 is 0 Å². The van der Waals surface area contributed by atoms with Gasteiger partial charge in [0.25, 0.3) is 0 Å². The zero-order valence-corrected chi connectivity index (χ0v) is 10.3. The third-order valence-corrected chi connectivity index (χ3v) is 2.61. The number of rotatable bonds is 3. The molecule has 0 unspecified atom stereocenters. The third-order valence-electron chi connectivity index (χ3n) is 2.61. The van der Waals surface area contributed by atoms with Crippen LogP contribution in [-0.4, -0.2) is 32.1 Å². The van der Waals surface area contributed by atoms with Crippen LogP contribution in [0.3, 0.4) is 0 Å². The van der Waals surface area contributed by atoms with Crippen LogP contribution in [0, 0.1) is 0 Å². The largest absolute Gasteiger partial charge is 0.481 e. The van der Waals surface area contributed by atoms with E-state index in [0.29, 0.717) is 5.88 Å². The van der Waals surface area contributed by atoms with Crippen LogP contribution in [0.4, 0.5) is 0 Å². The molecule has 0 spiro atoms. The van der Waals surface area contributed by atoms with Crippen molar-refractivity contribution >= 4 is 0 Å². The fourth-order valence-corrected chi connectivity index (χ4v) is 1.65. The van der Waals surface area contributed by atoms with Crippen molar-refractivity contribution in [2.45, 2.75) is 0 Å². The molecule has 0 amide bonds. The number of pyridine rings is 2. The quantitative estimate of drug-likeness (QED) is 0.711. The molecule has 0 saturated carbocycles. The minimum Gasteiger partial charge on any atom is -0.481 e. The number of aromatic nitrogens is 5. The van der Waals surface area contributed by atoms with Crippen LogP contribution in [0.15, 0.2) is 49.1 Å². The van der Waals surface area contributed by atoms with Gasteiger partial charge in [-0.3, -0.25) is 4.98 Å². The van der Waals surface area contributed by atoms with Crippen LogP contribution < -0.4 is 4.74 Å². The minimum atomic E-state index is 0.559. The first kappa shape index (κ1) is 11.3. The molecule has 0 saturated heterocycles. The standard InChI is InChI=1S/C13H11N5O/c1-19-13-5-4-11(8-15-13)18-16-9-12(17-18)10-3-2-6-14-7-10/h2-9H,1H3. The van der Waals surface area contributed by atoms with E-state index in [1.807, 2.05) is 18.2 Å². The lowest BCUT2D eigenvalue weighted by atomic mass is 10.2. The molecule has 3 aromatic heterocycles. The molecule has 0 aliphatic heterocycles. The molecular formula is C13H11N5O. The average Bonchev–Trinajstić information content (AvgIpc) is 2.98. The van der Waals surface area contributed by atoms with Gasteiger partial charge in [-0.1, -0.05) is 0 Å². The van der Waals surface area contributed by atoms with Gasteiger partial charge in [0.2, 0.25) is 5.88 Å². The van der Waals surface area contributed by atoms with Gasteiger partial charge in [-0.25, -0.2) is 4.98 Å². The summed E-state index contributed by atoms with van der Waals surface area (Å²) in [5.74, 6) is 0.559. The second kappa shape index (κ2) is 4.85. The van der Waals surface area contributed by atoms with Gasteiger partial charge < -0.3 is 4.74 Å². The molecule has 0 radical (unpaired) electrons. The van der Waals surface area contributed by atoms with Crippen molar-refractivity contribution in [2.75, 3.05) is 7.11 Å². The predicted molar refractivity (Wildman–Crippen MR) is 68.9 cm³/mol. The van der Waals surface area contributed by atoms with Crippen molar-refractivity contribution in [2.24, 2.45) is 0 Å². The molecular weight excluding hydrogens is 242 g/mol.